The van der Waals surface area contributed by atoms with Crippen molar-refractivity contribution in [1.82, 2.24) is 9.47 Å². The summed E-state index contributed by atoms with van der Waals surface area (Å²) < 4.78 is 2.45. The second kappa shape index (κ2) is 21.0. The molecule has 1 saturated heterocycles. The summed E-state index contributed by atoms with van der Waals surface area (Å²) in [6, 6.07) is 54.5. The summed E-state index contributed by atoms with van der Waals surface area (Å²) in [5.41, 5.74) is 13.5. The summed E-state index contributed by atoms with van der Waals surface area (Å²) in [4.78, 5) is 2.64. The lowest BCUT2D eigenvalue weighted by molar-refractivity contribution is 0.189. The Morgan fingerprint density at radius 1 is 0.482 bits per heavy atom. The monoisotopic (exact) mass is 731 g/mol. The molecule has 0 amide bonds. The number of nitrogens with zero attached hydrogens (tertiary/aromatic N) is 2. The van der Waals surface area contributed by atoms with Crippen LogP contribution in [0.5, 0.6) is 0 Å². The Hall–Kier alpha value is -4.73. The molecule has 5 heteroatoms. The van der Waals surface area contributed by atoms with E-state index in [1.165, 1.54) is 66.3 Å². The number of likely N-dealkylation sites (tertiary alicyclic amines) is 1. The van der Waals surface area contributed by atoms with Gasteiger partial charge in [-0.25, -0.2) is 0 Å². The summed E-state index contributed by atoms with van der Waals surface area (Å²) >= 11 is 0. The molecule has 0 bridgehead atoms. The number of para-hydroxylation sites is 1. The Kier molecular flexibility index (Phi) is 16.5. The van der Waals surface area contributed by atoms with Gasteiger partial charge in [-0.15, -0.1) is 0 Å². The normalized spacial score (nSPS) is 17.6. The lowest BCUT2D eigenvalue weighted by Crippen LogP contribution is -2.33. The first kappa shape index (κ1) is 44.0. The lowest BCUT2D eigenvalue weighted by atomic mass is 9.81. The molecule has 1 aliphatic carbocycles. The highest BCUT2D eigenvalue weighted by molar-refractivity contribution is 6.75. The van der Waals surface area contributed by atoms with E-state index in [0.717, 1.165) is 31.3 Å². The molecule has 56 heavy (non-hydrogen) atoms. The standard InChI is InChI=1S/C32H23N.C15H23N.2C2H6.B2.B/c1-2-8-22(9-3-1)21-33-31-13-7-6-12-28(31)30-20-24(16-17-32(30)33)23-14-15-26-18-25-10-4-5-11-27(25)29(26)19-23;1-11-12(2)14(4)16(13(11)3)10-15-8-6-5-7-9-15;3*1-2;/h1-17,19-20H,18,21H2;5-9,11-14H,10H2,1-4H3;2*1-2H3;;/t;11-,12+,13-,14+;;;;. The molecule has 0 saturated carbocycles. The molecule has 0 N–H and O–H groups in total. The van der Waals surface area contributed by atoms with Crippen molar-refractivity contribution in [3.05, 3.63) is 168 Å². The van der Waals surface area contributed by atoms with Crippen LogP contribution in [0.1, 0.15) is 77.6 Å². The quantitative estimate of drug-likeness (QED) is 0.160. The molecule has 2 nitrogen and oxygen atoms in total. The van der Waals surface area contributed by atoms with Crippen LogP contribution in [0, 0.1) is 11.8 Å². The molecule has 1 aromatic heterocycles. The third-order valence-electron chi connectivity index (χ3n) is 11.7. The second-order valence-corrected chi connectivity index (χ2v) is 14.4. The molecule has 4 atom stereocenters. The van der Waals surface area contributed by atoms with Crippen molar-refractivity contribution in [3.8, 4) is 22.3 Å². The number of benzene rings is 6. The van der Waals surface area contributed by atoms with Gasteiger partial charge in [0.15, 0.2) is 0 Å². The van der Waals surface area contributed by atoms with Gasteiger partial charge < -0.3 is 4.57 Å². The van der Waals surface area contributed by atoms with Gasteiger partial charge >= 0.3 is 0 Å². The van der Waals surface area contributed by atoms with Crippen LogP contribution in [0.15, 0.2) is 146 Å². The maximum Gasteiger partial charge on any atom is 0.0494 e. The van der Waals surface area contributed by atoms with Crippen LogP contribution >= 0.6 is 0 Å². The van der Waals surface area contributed by atoms with E-state index >= 15 is 0 Å². The summed E-state index contributed by atoms with van der Waals surface area (Å²) in [7, 11) is 8.00. The molecule has 2 heterocycles. The zero-order valence-electron chi connectivity index (χ0n) is 34.9. The lowest BCUT2D eigenvalue weighted by Gasteiger charge is -2.27. The van der Waals surface area contributed by atoms with E-state index in [4.69, 9.17) is 0 Å². The van der Waals surface area contributed by atoms with Gasteiger partial charge in [-0.2, -0.15) is 0 Å². The fraction of sp³-hybridized carbons (Fsp3) is 0.294. The zero-order chi connectivity index (χ0) is 39.5. The maximum atomic E-state index is 4.00. The summed E-state index contributed by atoms with van der Waals surface area (Å²) in [6.45, 7) is 19.5. The number of rotatable bonds is 5. The van der Waals surface area contributed by atoms with Crippen molar-refractivity contribution in [3.63, 3.8) is 0 Å². The Morgan fingerprint density at radius 2 is 0.964 bits per heavy atom. The van der Waals surface area contributed by atoms with Crippen LogP contribution in [-0.2, 0) is 19.5 Å². The molecule has 0 spiro atoms. The summed E-state index contributed by atoms with van der Waals surface area (Å²) in [6.07, 6.45) is 1.04. The van der Waals surface area contributed by atoms with Crippen molar-refractivity contribution in [2.24, 2.45) is 11.8 Å². The fourth-order valence-electron chi connectivity index (χ4n) is 8.41. The molecule has 9 rings (SSSR count). The minimum Gasteiger partial charge on any atom is -0.336 e. The van der Waals surface area contributed by atoms with Gasteiger partial charge in [0, 0.05) is 70.9 Å². The molecular weight excluding hydrogens is 673 g/mol. The van der Waals surface area contributed by atoms with Gasteiger partial charge in [0.05, 0.1) is 0 Å². The Bertz CT molecular complexity index is 2230. The highest BCUT2D eigenvalue weighted by Gasteiger charge is 2.39. The first-order valence-electron chi connectivity index (χ1n) is 20.4. The van der Waals surface area contributed by atoms with E-state index in [2.05, 4.69) is 198 Å². The fourth-order valence-corrected chi connectivity index (χ4v) is 8.41. The smallest absolute Gasteiger partial charge is 0.0494 e. The molecular formula is C51H58B3N2. The van der Waals surface area contributed by atoms with Crippen LogP contribution in [0.3, 0.4) is 0 Å². The average molecular weight is 731 g/mol. The predicted molar refractivity (Wildman–Crippen MR) is 248 cm³/mol. The van der Waals surface area contributed by atoms with Crippen molar-refractivity contribution >= 4 is 45.7 Å². The Balaban J connectivity index is 0.000000257. The SMILES string of the molecule is CC.CC.C[C@@H]1[C@H](C)[C@H](C)N(Cc2ccccc2)[C@@H]1C.[B].[B][B].c1ccc(Cn2c3ccccc3c3cc(-c4ccc5c(c4)-c4ccccc4C5)ccc32)cc1. The Labute approximate surface area is 342 Å². The molecule has 281 valence electrons. The number of hydrogen-bond acceptors (Lipinski definition) is 1. The number of hydrogen-bond donors (Lipinski definition) is 0. The Morgan fingerprint density at radius 3 is 1.61 bits per heavy atom. The summed E-state index contributed by atoms with van der Waals surface area (Å²) in [5.74, 6) is 1.61. The largest absolute Gasteiger partial charge is 0.336 e. The van der Waals surface area contributed by atoms with Crippen LogP contribution < -0.4 is 0 Å². The number of fused-ring (bicyclic) bond motifs is 6. The van der Waals surface area contributed by atoms with Gasteiger partial charge in [0.25, 0.3) is 0 Å². The van der Waals surface area contributed by atoms with Crippen molar-refractivity contribution in [2.75, 3.05) is 0 Å². The predicted octanol–water partition coefficient (Wildman–Crippen LogP) is 12.5. The van der Waals surface area contributed by atoms with E-state index in [0.29, 0.717) is 12.1 Å². The van der Waals surface area contributed by atoms with Crippen LogP contribution in [-0.4, -0.2) is 45.4 Å². The molecule has 6 aromatic carbocycles. The molecule has 2 aliphatic rings. The van der Waals surface area contributed by atoms with Gasteiger partial charge in [0.2, 0.25) is 0 Å². The summed E-state index contributed by atoms with van der Waals surface area (Å²) in [5, 5.41) is 2.64. The van der Waals surface area contributed by atoms with E-state index < -0.39 is 0 Å². The van der Waals surface area contributed by atoms with Gasteiger partial charge in [-0.1, -0.05) is 163 Å². The maximum absolute atomic E-state index is 4.00. The highest BCUT2D eigenvalue weighted by Crippen LogP contribution is 2.40. The van der Waals surface area contributed by atoms with Crippen LogP contribution in [0.2, 0.25) is 0 Å². The van der Waals surface area contributed by atoms with Crippen LogP contribution in [0.25, 0.3) is 44.1 Å². The minimum atomic E-state index is 0. The van der Waals surface area contributed by atoms with E-state index in [1.807, 2.05) is 27.7 Å². The van der Waals surface area contributed by atoms with E-state index in [9.17, 15) is 0 Å². The first-order chi connectivity index (χ1) is 27.0. The third-order valence-corrected chi connectivity index (χ3v) is 11.7. The second-order valence-electron chi connectivity index (χ2n) is 14.4. The highest BCUT2D eigenvalue weighted by atomic mass is 15.2. The average Bonchev–Trinajstić information content (AvgIpc) is 3.85. The van der Waals surface area contributed by atoms with Gasteiger partial charge in [-0.3, -0.25) is 4.90 Å². The molecule has 7 aromatic rings. The minimum absolute atomic E-state index is 0. The van der Waals surface area contributed by atoms with Crippen molar-refractivity contribution in [2.45, 2.75) is 87.0 Å². The van der Waals surface area contributed by atoms with E-state index in [1.54, 1.807) is 0 Å². The molecule has 1 fully saturated rings. The van der Waals surface area contributed by atoms with Crippen molar-refractivity contribution < 1.29 is 0 Å². The van der Waals surface area contributed by atoms with Crippen LogP contribution in [0.4, 0.5) is 0 Å². The number of aromatic nitrogens is 1. The van der Waals surface area contributed by atoms with Crippen molar-refractivity contribution in [1.29, 1.82) is 0 Å². The topological polar surface area (TPSA) is 8.17 Å². The third kappa shape index (κ3) is 9.27. The molecule has 1 aliphatic heterocycles. The van der Waals surface area contributed by atoms with Gasteiger partial charge in [-0.05, 0) is 101 Å². The zero-order valence-corrected chi connectivity index (χ0v) is 34.9. The first-order valence-corrected chi connectivity index (χ1v) is 20.4. The molecule has 0 unspecified atom stereocenters. The van der Waals surface area contributed by atoms with Gasteiger partial charge in [0.1, 0.15) is 0 Å². The molecule has 7 radical (unpaired) electrons. The van der Waals surface area contributed by atoms with E-state index in [-0.39, 0.29) is 8.41 Å².